The van der Waals surface area contributed by atoms with Gasteiger partial charge in [0.25, 0.3) is 0 Å². The molecule has 1 aromatic heterocycles. The van der Waals surface area contributed by atoms with E-state index in [0.717, 1.165) is 62.0 Å². The molecule has 1 fully saturated rings. The van der Waals surface area contributed by atoms with E-state index in [2.05, 4.69) is 41.3 Å². The van der Waals surface area contributed by atoms with Gasteiger partial charge in [0.15, 0.2) is 0 Å². The van der Waals surface area contributed by atoms with E-state index in [9.17, 15) is 0 Å². The molecule has 164 valence electrons. The van der Waals surface area contributed by atoms with Gasteiger partial charge in [0.05, 0.1) is 26.0 Å². The van der Waals surface area contributed by atoms with Gasteiger partial charge in [-0.25, -0.2) is 0 Å². The van der Waals surface area contributed by atoms with Crippen LogP contribution in [-0.4, -0.2) is 54.6 Å². The zero-order valence-electron chi connectivity index (χ0n) is 18.4. The molecular formula is C25H31N3O3. The quantitative estimate of drug-likeness (QED) is 0.528. The first-order valence-corrected chi connectivity index (χ1v) is 10.9. The fourth-order valence-electron chi connectivity index (χ4n) is 3.90. The first kappa shape index (κ1) is 21.4. The van der Waals surface area contributed by atoms with E-state index in [-0.39, 0.29) is 6.10 Å². The molecule has 1 aliphatic heterocycles. The number of aromatic nitrogens is 2. The van der Waals surface area contributed by atoms with Crippen LogP contribution in [0.1, 0.15) is 23.1 Å². The molecule has 6 heteroatoms. The number of hydrogen-bond donors (Lipinski definition) is 0. The van der Waals surface area contributed by atoms with Crippen LogP contribution < -0.4 is 9.47 Å². The van der Waals surface area contributed by atoms with E-state index in [0.29, 0.717) is 6.61 Å². The second-order valence-corrected chi connectivity index (χ2v) is 7.86. The van der Waals surface area contributed by atoms with Gasteiger partial charge in [0, 0.05) is 44.9 Å². The lowest BCUT2D eigenvalue weighted by atomic mass is 10.1. The first-order valence-electron chi connectivity index (χ1n) is 10.9. The van der Waals surface area contributed by atoms with Crippen LogP contribution in [0.25, 0.3) is 0 Å². The van der Waals surface area contributed by atoms with Crippen LogP contribution in [0.3, 0.4) is 0 Å². The Morgan fingerprint density at radius 1 is 1.03 bits per heavy atom. The lowest BCUT2D eigenvalue weighted by Gasteiger charge is -2.32. The number of hydrogen-bond acceptors (Lipinski definition) is 5. The molecule has 0 aliphatic carbocycles. The molecule has 1 unspecified atom stereocenters. The van der Waals surface area contributed by atoms with E-state index in [1.165, 1.54) is 5.56 Å². The van der Waals surface area contributed by atoms with Crippen LogP contribution in [0.5, 0.6) is 11.5 Å². The van der Waals surface area contributed by atoms with E-state index in [1.54, 1.807) is 7.11 Å². The molecular weight excluding hydrogens is 390 g/mol. The maximum atomic E-state index is 6.05. The van der Waals surface area contributed by atoms with Gasteiger partial charge >= 0.3 is 0 Å². The van der Waals surface area contributed by atoms with Crippen molar-refractivity contribution >= 4 is 0 Å². The highest BCUT2D eigenvalue weighted by atomic mass is 16.5. The molecule has 0 bridgehead atoms. The molecule has 0 spiro atoms. The van der Waals surface area contributed by atoms with Crippen molar-refractivity contribution in [3.05, 3.63) is 77.6 Å². The van der Waals surface area contributed by atoms with Crippen molar-refractivity contribution in [1.82, 2.24) is 14.7 Å². The zero-order chi connectivity index (χ0) is 21.5. The van der Waals surface area contributed by atoms with E-state index in [1.807, 2.05) is 36.0 Å². The van der Waals surface area contributed by atoms with Crippen molar-refractivity contribution in [3.8, 4) is 11.5 Å². The van der Waals surface area contributed by atoms with Crippen LogP contribution in [0, 0.1) is 0 Å². The van der Waals surface area contributed by atoms with Crippen LogP contribution in [-0.2, 0) is 24.6 Å². The molecule has 2 heterocycles. The van der Waals surface area contributed by atoms with Crippen molar-refractivity contribution in [2.45, 2.75) is 18.9 Å². The van der Waals surface area contributed by atoms with Crippen LogP contribution in [0.2, 0.25) is 0 Å². The maximum Gasteiger partial charge on any atom is 0.123 e. The number of methoxy groups -OCH3 is 1. The van der Waals surface area contributed by atoms with Gasteiger partial charge in [-0.3, -0.25) is 9.58 Å². The van der Waals surface area contributed by atoms with Crippen LogP contribution in [0.4, 0.5) is 0 Å². The fourth-order valence-corrected chi connectivity index (χ4v) is 3.90. The highest BCUT2D eigenvalue weighted by Crippen LogP contribution is 2.23. The summed E-state index contributed by atoms with van der Waals surface area (Å²) in [5.41, 5.74) is 3.52. The molecule has 3 aromatic rings. The van der Waals surface area contributed by atoms with E-state index < -0.39 is 0 Å². The number of rotatable bonds is 9. The van der Waals surface area contributed by atoms with Crippen molar-refractivity contribution in [3.63, 3.8) is 0 Å². The molecule has 1 saturated heterocycles. The third-order valence-electron chi connectivity index (χ3n) is 5.70. The summed E-state index contributed by atoms with van der Waals surface area (Å²) in [6.45, 7) is 4.21. The topological polar surface area (TPSA) is 48.8 Å². The Hall–Kier alpha value is -2.83. The van der Waals surface area contributed by atoms with E-state index >= 15 is 0 Å². The summed E-state index contributed by atoms with van der Waals surface area (Å²) >= 11 is 0. The fraction of sp³-hybridized carbons (Fsp3) is 0.400. The Balaban J connectivity index is 1.30. The SMILES string of the molecule is COc1cccc(OCCc2cc(C3CN(CCc4ccccc4)CCO3)nn2C)c1. The normalized spacial score (nSPS) is 16.9. The third kappa shape index (κ3) is 5.87. The summed E-state index contributed by atoms with van der Waals surface area (Å²) in [4.78, 5) is 2.47. The number of ether oxygens (including phenoxy) is 3. The van der Waals surface area contributed by atoms with Gasteiger partial charge in [-0.05, 0) is 30.2 Å². The molecule has 0 saturated carbocycles. The lowest BCUT2D eigenvalue weighted by molar-refractivity contribution is -0.0318. The monoisotopic (exact) mass is 421 g/mol. The van der Waals surface area contributed by atoms with Crippen molar-refractivity contribution < 1.29 is 14.2 Å². The maximum absolute atomic E-state index is 6.05. The number of benzene rings is 2. The van der Waals surface area contributed by atoms with Gasteiger partial charge in [-0.2, -0.15) is 5.10 Å². The smallest absolute Gasteiger partial charge is 0.123 e. The van der Waals surface area contributed by atoms with Gasteiger partial charge < -0.3 is 14.2 Å². The lowest BCUT2D eigenvalue weighted by Crippen LogP contribution is -2.39. The molecule has 6 nitrogen and oxygen atoms in total. The molecule has 1 atom stereocenters. The number of nitrogens with zero attached hydrogens (tertiary/aromatic N) is 3. The molecule has 31 heavy (non-hydrogen) atoms. The molecule has 2 aromatic carbocycles. The minimum atomic E-state index is 0.0174. The Morgan fingerprint density at radius 2 is 1.87 bits per heavy atom. The minimum absolute atomic E-state index is 0.0174. The highest BCUT2D eigenvalue weighted by Gasteiger charge is 2.24. The van der Waals surface area contributed by atoms with Crippen LogP contribution in [0.15, 0.2) is 60.7 Å². The molecule has 1 aliphatic rings. The Kier molecular flexibility index (Phi) is 7.22. The highest BCUT2D eigenvalue weighted by molar-refractivity contribution is 5.32. The average Bonchev–Trinajstić information content (AvgIpc) is 3.19. The van der Waals surface area contributed by atoms with Crippen molar-refractivity contribution in [2.75, 3.05) is 40.0 Å². The van der Waals surface area contributed by atoms with Crippen molar-refractivity contribution in [2.24, 2.45) is 7.05 Å². The Morgan fingerprint density at radius 3 is 2.71 bits per heavy atom. The van der Waals surface area contributed by atoms with Crippen LogP contribution >= 0.6 is 0 Å². The molecule has 0 radical (unpaired) electrons. The second-order valence-electron chi connectivity index (χ2n) is 7.86. The van der Waals surface area contributed by atoms with Gasteiger partial charge in [0.1, 0.15) is 17.6 Å². The largest absolute Gasteiger partial charge is 0.497 e. The molecule has 0 N–H and O–H groups in total. The Bertz CT molecular complexity index is 958. The third-order valence-corrected chi connectivity index (χ3v) is 5.70. The van der Waals surface area contributed by atoms with Crippen molar-refractivity contribution in [1.29, 1.82) is 0 Å². The summed E-state index contributed by atoms with van der Waals surface area (Å²) in [5.74, 6) is 1.61. The predicted octanol–water partition coefficient (Wildman–Crippen LogP) is 3.67. The number of aryl methyl sites for hydroxylation is 1. The standard InChI is InChI=1S/C25H31N3O3/c1-27-21(12-15-30-23-10-6-9-22(18-23)29-2)17-24(26-27)25-19-28(14-16-31-25)13-11-20-7-4-3-5-8-20/h3-10,17-18,25H,11-16,19H2,1-2H3. The molecule has 4 rings (SSSR count). The van der Waals surface area contributed by atoms with Gasteiger partial charge in [-0.1, -0.05) is 36.4 Å². The average molecular weight is 422 g/mol. The minimum Gasteiger partial charge on any atom is -0.497 e. The van der Waals surface area contributed by atoms with Gasteiger partial charge in [0.2, 0.25) is 0 Å². The second kappa shape index (κ2) is 10.5. The van der Waals surface area contributed by atoms with E-state index in [4.69, 9.17) is 19.3 Å². The predicted molar refractivity (Wildman–Crippen MR) is 121 cm³/mol. The summed E-state index contributed by atoms with van der Waals surface area (Å²) in [6.07, 6.45) is 1.86. The summed E-state index contributed by atoms with van der Waals surface area (Å²) < 4.78 is 19.1. The first-order chi connectivity index (χ1) is 15.2. The summed E-state index contributed by atoms with van der Waals surface area (Å²) in [7, 11) is 3.65. The number of morpholine rings is 1. The summed E-state index contributed by atoms with van der Waals surface area (Å²) in [6, 6.07) is 20.5. The molecule has 0 amide bonds. The zero-order valence-corrected chi connectivity index (χ0v) is 18.4. The Labute approximate surface area is 184 Å². The van der Waals surface area contributed by atoms with Gasteiger partial charge in [-0.15, -0.1) is 0 Å². The summed E-state index contributed by atoms with van der Waals surface area (Å²) in [5, 5.41) is 4.73.